The van der Waals surface area contributed by atoms with Crippen LogP contribution in [-0.4, -0.2) is 37.2 Å². The van der Waals surface area contributed by atoms with Crippen LogP contribution >= 0.6 is 0 Å². The lowest BCUT2D eigenvalue weighted by molar-refractivity contribution is -0.117. The van der Waals surface area contributed by atoms with Gasteiger partial charge in [0.1, 0.15) is 11.4 Å². The van der Waals surface area contributed by atoms with Crippen molar-refractivity contribution in [1.29, 1.82) is 0 Å². The number of rotatable bonds is 7. The summed E-state index contributed by atoms with van der Waals surface area (Å²) < 4.78 is 0. The first-order valence-electron chi connectivity index (χ1n) is 10.3. The summed E-state index contributed by atoms with van der Waals surface area (Å²) in [5.74, 6) is -0.956. The number of nitrogens with one attached hydrogen (secondary N) is 2. The first-order valence-corrected chi connectivity index (χ1v) is 10.3. The second-order valence-corrected chi connectivity index (χ2v) is 7.63. The molecule has 0 radical (unpaired) electrons. The SMILES string of the molecule is Cc1ccc(/C=N\NC(=O)/C(=C/c2ccc(N(C)C)cc2)NC(=O)c2ccccc2)c(O)c1. The molecule has 0 unspecified atom stereocenters. The van der Waals surface area contributed by atoms with Crippen LogP contribution in [0.25, 0.3) is 6.08 Å². The second-order valence-electron chi connectivity index (χ2n) is 7.63. The average Bonchev–Trinajstić information content (AvgIpc) is 2.80. The van der Waals surface area contributed by atoms with Crippen molar-refractivity contribution in [3.63, 3.8) is 0 Å². The molecule has 3 aromatic rings. The van der Waals surface area contributed by atoms with Crippen molar-refractivity contribution < 1.29 is 14.7 Å². The van der Waals surface area contributed by atoms with Gasteiger partial charge in [-0.1, -0.05) is 36.4 Å². The molecule has 7 nitrogen and oxygen atoms in total. The van der Waals surface area contributed by atoms with Gasteiger partial charge in [-0.3, -0.25) is 9.59 Å². The summed E-state index contributed by atoms with van der Waals surface area (Å²) >= 11 is 0. The molecule has 3 N–H and O–H groups in total. The number of carbonyl (C=O) groups is 2. The maximum atomic E-state index is 12.8. The minimum Gasteiger partial charge on any atom is -0.507 e. The fourth-order valence-corrected chi connectivity index (χ4v) is 2.96. The molecule has 0 spiro atoms. The lowest BCUT2D eigenvalue weighted by Crippen LogP contribution is -2.32. The third-order valence-electron chi connectivity index (χ3n) is 4.80. The number of nitrogens with zero attached hydrogens (tertiary/aromatic N) is 2. The van der Waals surface area contributed by atoms with Crippen molar-refractivity contribution in [1.82, 2.24) is 10.7 Å². The second kappa shape index (κ2) is 10.8. The Labute approximate surface area is 193 Å². The van der Waals surface area contributed by atoms with Crippen LogP contribution in [0.15, 0.2) is 83.6 Å². The Morgan fingerprint density at radius 2 is 1.67 bits per heavy atom. The first kappa shape index (κ1) is 23.3. The van der Waals surface area contributed by atoms with Gasteiger partial charge < -0.3 is 15.3 Å². The summed E-state index contributed by atoms with van der Waals surface area (Å²) in [6.45, 7) is 1.86. The van der Waals surface area contributed by atoms with Gasteiger partial charge in [-0.05, 0) is 60.5 Å². The summed E-state index contributed by atoms with van der Waals surface area (Å²) in [7, 11) is 3.88. The maximum absolute atomic E-state index is 12.8. The van der Waals surface area contributed by atoms with E-state index in [-0.39, 0.29) is 11.4 Å². The van der Waals surface area contributed by atoms with E-state index in [1.807, 2.05) is 62.3 Å². The Hall–Kier alpha value is -4.39. The van der Waals surface area contributed by atoms with E-state index in [0.717, 1.165) is 16.8 Å². The molecule has 0 aliphatic carbocycles. The van der Waals surface area contributed by atoms with Gasteiger partial charge >= 0.3 is 0 Å². The van der Waals surface area contributed by atoms with Crippen LogP contribution in [0.4, 0.5) is 5.69 Å². The number of amides is 2. The molecule has 7 heteroatoms. The molecule has 0 atom stereocenters. The minimum atomic E-state index is -0.598. The quantitative estimate of drug-likeness (QED) is 0.296. The van der Waals surface area contributed by atoms with E-state index in [1.165, 1.54) is 6.21 Å². The first-order chi connectivity index (χ1) is 15.8. The molecule has 0 saturated heterocycles. The highest BCUT2D eigenvalue weighted by molar-refractivity contribution is 6.05. The zero-order valence-electron chi connectivity index (χ0n) is 18.7. The summed E-state index contributed by atoms with van der Waals surface area (Å²) in [6.07, 6.45) is 2.92. The molecule has 168 valence electrons. The van der Waals surface area contributed by atoms with E-state index in [4.69, 9.17) is 0 Å². The molecule has 0 aliphatic rings. The highest BCUT2D eigenvalue weighted by Crippen LogP contribution is 2.16. The Morgan fingerprint density at radius 3 is 2.30 bits per heavy atom. The summed E-state index contributed by atoms with van der Waals surface area (Å²) in [6, 6.07) is 21.3. The molecule has 0 aromatic heterocycles. The minimum absolute atomic E-state index is 0.0340. The number of aromatic hydroxyl groups is 1. The van der Waals surface area contributed by atoms with Crippen LogP contribution in [0.1, 0.15) is 27.0 Å². The average molecular weight is 443 g/mol. The van der Waals surface area contributed by atoms with E-state index in [0.29, 0.717) is 11.1 Å². The monoisotopic (exact) mass is 442 g/mol. The number of anilines is 1. The zero-order chi connectivity index (χ0) is 23.8. The molecule has 0 aliphatic heterocycles. The summed E-state index contributed by atoms with van der Waals surface area (Å²) in [5.41, 5.74) is 5.97. The molecule has 33 heavy (non-hydrogen) atoms. The Balaban J connectivity index is 1.82. The van der Waals surface area contributed by atoms with E-state index >= 15 is 0 Å². The van der Waals surface area contributed by atoms with Gasteiger partial charge in [0.25, 0.3) is 11.8 Å². The van der Waals surface area contributed by atoms with Crippen molar-refractivity contribution in [3.8, 4) is 5.75 Å². The zero-order valence-corrected chi connectivity index (χ0v) is 18.7. The van der Waals surface area contributed by atoms with Crippen LogP contribution in [-0.2, 0) is 4.79 Å². The van der Waals surface area contributed by atoms with Gasteiger partial charge in [-0.15, -0.1) is 0 Å². The number of phenols is 1. The summed E-state index contributed by atoms with van der Waals surface area (Å²) in [5, 5.41) is 16.6. The highest BCUT2D eigenvalue weighted by atomic mass is 16.3. The molecule has 0 saturated carbocycles. The number of hydrogen-bond acceptors (Lipinski definition) is 5. The molecular weight excluding hydrogens is 416 g/mol. The lowest BCUT2D eigenvalue weighted by atomic mass is 10.1. The fourth-order valence-electron chi connectivity index (χ4n) is 2.96. The fraction of sp³-hybridized carbons (Fsp3) is 0.115. The smallest absolute Gasteiger partial charge is 0.287 e. The van der Waals surface area contributed by atoms with E-state index in [1.54, 1.807) is 42.5 Å². The van der Waals surface area contributed by atoms with Crippen LogP contribution in [0.5, 0.6) is 5.75 Å². The van der Waals surface area contributed by atoms with Crippen LogP contribution < -0.4 is 15.6 Å². The standard InChI is InChI=1S/C26H26N4O3/c1-18-9-12-21(24(31)15-18)17-27-29-26(33)23(28-25(32)20-7-5-4-6-8-20)16-19-10-13-22(14-11-19)30(2)3/h4-17,31H,1-3H3,(H,28,32)(H,29,33)/b23-16-,27-17-. The van der Waals surface area contributed by atoms with Crippen LogP contribution in [0.2, 0.25) is 0 Å². The van der Waals surface area contributed by atoms with Gasteiger partial charge in [-0.2, -0.15) is 5.10 Å². The summed E-state index contributed by atoms with van der Waals surface area (Å²) in [4.78, 5) is 27.5. The predicted molar refractivity (Wildman–Crippen MR) is 131 cm³/mol. The van der Waals surface area contributed by atoms with E-state index in [9.17, 15) is 14.7 Å². The third-order valence-corrected chi connectivity index (χ3v) is 4.80. The normalized spacial score (nSPS) is 11.3. The highest BCUT2D eigenvalue weighted by Gasteiger charge is 2.14. The number of benzene rings is 3. The largest absolute Gasteiger partial charge is 0.507 e. The van der Waals surface area contributed by atoms with E-state index < -0.39 is 11.8 Å². The Kier molecular flexibility index (Phi) is 7.60. The van der Waals surface area contributed by atoms with Crippen LogP contribution in [0.3, 0.4) is 0 Å². The van der Waals surface area contributed by atoms with Gasteiger partial charge in [0.05, 0.1) is 6.21 Å². The number of carbonyl (C=O) groups excluding carboxylic acids is 2. The van der Waals surface area contributed by atoms with Gasteiger partial charge in [0, 0.05) is 30.9 Å². The molecule has 0 bridgehead atoms. The van der Waals surface area contributed by atoms with Crippen molar-refractivity contribution in [2.75, 3.05) is 19.0 Å². The molecule has 3 aromatic carbocycles. The van der Waals surface area contributed by atoms with Crippen molar-refractivity contribution in [2.24, 2.45) is 5.10 Å². The molecule has 3 rings (SSSR count). The molecule has 0 fully saturated rings. The van der Waals surface area contributed by atoms with Gasteiger partial charge in [0.2, 0.25) is 0 Å². The topological polar surface area (TPSA) is 94.0 Å². The Bertz CT molecular complexity index is 1180. The van der Waals surface area contributed by atoms with Crippen LogP contribution in [0, 0.1) is 6.92 Å². The maximum Gasteiger partial charge on any atom is 0.287 e. The van der Waals surface area contributed by atoms with Crippen molar-refractivity contribution in [2.45, 2.75) is 6.92 Å². The predicted octanol–water partition coefficient (Wildman–Crippen LogP) is 3.69. The molecule has 0 heterocycles. The Morgan fingerprint density at radius 1 is 0.970 bits per heavy atom. The number of aryl methyl sites for hydroxylation is 1. The number of phenolic OH excluding ortho intramolecular Hbond substituents is 1. The van der Waals surface area contributed by atoms with E-state index in [2.05, 4.69) is 15.8 Å². The third kappa shape index (κ3) is 6.54. The van der Waals surface area contributed by atoms with Gasteiger partial charge in [0.15, 0.2) is 0 Å². The van der Waals surface area contributed by atoms with Gasteiger partial charge in [-0.25, -0.2) is 5.43 Å². The lowest BCUT2D eigenvalue weighted by Gasteiger charge is -2.12. The number of hydrogen-bond donors (Lipinski definition) is 3. The van der Waals surface area contributed by atoms with Crippen molar-refractivity contribution in [3.05, 3.63) is 101 Å². The molecular formula is C26H26N4O3. The molecule has 2 amide bonds. The number of hydrazone groups is 1. The van der Waals surface area contributed by atoms with Crippen molar-refractivity contribution >= 4 is 29.8 Å².